The number of hydrogen-bond donors (Lipinski definition) is 2. The number of anilines is 2. The zero-order valence-corrected chi connectivity index (χ0v) is 19.6. The molecule has 0 unspecified atom stereocenters. The maximum Gasteiger partial charge on any atom is 0.410 e. The standard InChI is InChI=1S/C28H29N3O4/c1-2-18-31(28(34)35-20-24-6-4-3-5-7-24)19-27(33)30-26-16-12-23(13-17-26)9-8-22-10-14-25(15-11-22)29-21-32/h3-17,21H,2,18-20H2,1H3,(H,29,32)(H,30,33)/b9-8+. The Labute approximate surface area is 205 Å². The number of nitrogens with one attached hydrogen (secondary N) is 2. The Bertz CT molecular complexity index is 1130. The lowest BCUT2D eigenvalue weighted by Gasteiger charge is -2.21. The van der Waals surface area contributed by atoms with E-state index in [-0.39, 0.29) is 19.1 Å². The number of hydrogen-bond acceptors (Lipinski definition) is 4. The molecule has 0 radical (unpaired) electrons. The molecule has 35 heavy (non-hydrogen) atoms. The minimum atomic E-state index is -0.513. The van der Waals surface area contributed by atoms with E-state index in [1.54, 1.807) is 0 Å². The fraction of sp³-hybridized carbons (Fsp3) is 0.179. The van der Waals surface area contributed by atoms with Crippen LogP contribution in [-0.4, -0.2) is 36.4 Å². The first-order valence-electron chi connectivity index (χ1n) is 11.4. The molecule has 0 fully saturated rings. The van der Waals surface area contributed by atoms with E-state index in [1.807, 2.05) is 97.9 Å². The molecule has 7 heteroatoms. The fourth-order valence-electron chi connectivity index (χ4n) is 3.32. The van der Waals surface area contributed by atoms with Crippen LogP contribution in [0.15, 0.2) is 78.9 Å². The van der Waals surface area contributed by atoms with Gasteiger partial charge in [0.2, 0.25) is 12.3 Å². The van der Waals surface area contributed by atoms with Crippen LogP contribution in [0.3, 0.4) is 0 Å². The summed E-state index contributed by atoms with van der Waals surface area (Å²) in [5.41, 5.74) is 4.23. The maximum absolute atomic E-state index is 12.5. The smallest absolute Gasteiger partial charge is 0.410 e. The first kappa shape index (κ1) is 25.2. The normalized spacial score (nSPS) is 10.5. The molecular weight excluding hydrogens is 442 g/mol. The van der Waals surface area contributed by atoms with Crippen LogP contribution in [0.5, 0.6) is 0 Å². The second-order valence-electron chi connectivity index (χ2n) is 7.85. The Morgan fingerprint density at radius 2 is 1.46 bits per heavy atom. The molecule has 7 nitrogen and oxygen atoms in total. The van der Waals surface area contributed by atoms with Crippen LogP contribution in [0.25, 0.3) is 12.2 Å². The van der Waals surface area contributed by atoms with E-state index in [4.69, 9.17) is 4.74 Å². The first-order chi connectivity index (χ1) is 17.1. The van der Waals surface area contributed by atoms with E-state index in [2.05, 4.69) is 10.6 Å². The average molecular weight is 472 g/mol. The van der Waals surface area contributed by atoms with Gasteiger partial charge in [0.1, 0.15) is 13.2 Å². The highest BCUT2D eigenvalue weighted by Gasteiger charge is 2.18. The van der Waals surface area contributed by atoms with Crippen molar-refractivity contribution in [2.24, 2.45) is 0 Å². The molecule has 0 aliphatic heterocycles. The van der Waals surface area contributed by atoms with Crippen molar-refractivity contribution in [2.45, 2.75) is 20.0 Å². The van der Waals surface area contributed by atoms with E-state index >= 15 is 0 Å². The highest BCUT2D eigenvalue weighted by Crippen LogP contribution is 2.15. The minimum absolute atomic E-state index is 0.0852. The Kier molecular flexibility index (Phi) is 9.63. The van der Waals surface area contributed by atoms with Crippen molar-refractivity contribution in [3.05, 3.63) is 95.6 Å². The predicted molar refractivity (Wildman–Crippen MR) is 139 cm³/mol. The van der Waals surface area contributed by atoms with Gasteiger partial charge in [0, 0.05) is 17.9 Å². The number of ether oxygens (including phenoxy) is 1. The Balaban J connectivity index is 1.51. The molecule has 0 atom stereocenters. The molecule has 0 aromatic heterocycles. The molecule has 3 aromatic carbocycles. The summed E-state index contributed by atoms with van der Waals surface area (Å²) in [5.74, 6) is -0.289. The van der Waals surface area contributed by atoms with Crippen molar-refractivity contribution in [1.82, 2.24) is 4.90 Å². The number of benzene rings is 3. The van der Waals surface area contributed by atoms with Crippen LogP contribution >= 0.6 is 0 Å². The first-order valence-corrected chi connectivity index (χ1v) is 11.4. The van der Waals surface area contributed by atoms with Crippen molar-refractivity contribution in [2.75, 3.05) is 23.7 Å². The maximum atomic E-state index is 12.5. The number of carbonyl (C=O) groups excluding carboxylic acids is 3. The van der Waals surface area contributed by atoms with E-state index in [1.165, 1.54) is 4.90 Å². The molecule has 2 N–H and O–H groups in total. The molecule has 0 saturated heterocycles. The third-order valence-electron chi connectivity index (χ3n) is 5.09. The quantitative estimate of drug-likeness (QED) is 0.289. The summed E-state index contributed by atoms with van der Waals surface area (Å²) < 4.78 is 5.37. The molecule has 0 heterocycles. The Morgan fingerprint density at radius 3 is 2.03 bits per heavy atom. The van der Waals surface area contributed by atoms with E-state index in [0.29, 0.717) is 25.1 Å². The van der Waals surface area contributed by atoms with E-state index in [9.17, 15) is 14.4 Å². The molecule has 0 spiro atoms. The number of rotatable bonds is 11. The van der Waals surface area contributed by atoms with Crippen LogP contribution in [0.4, 0.5) is 16.2 Å². The lowest BCUT2D eigenvalue weighted by atomic mass is 10.1. The highest BCUT2D eigenvalue weighted by molar-refractivity contribution is 5.94. The van der Waals surface area contributed by atoms with Crippen LogP contribution < -0.4 is 10.6 Å². The molecule has 3 aromatic rings. The summed E-state index contributed by atoms with van der Waals surface area (Å²) in [6, 6.07) is 24.3. The van der Waals surface area contributed by atoms with Crippen LogP contribution in [0, 0.1) is 0 Å². The van der Waals surface area contributed by atoms with Crippen molar-refractivity contribution in [1.29, 1.82) is 0 Å². The molecule has 0 aliphatic rings. The van der Waals surface area contributed by atoms with Crippen LogP contribution in [0.1, 0.15) is 30.0 Å². The second kappa shape index (κ2) is 13.3. The van der Waals surface area contributed by atoms with Gasteiger partial charge in [-0.25, -0.2) is 4.79 Å². The molecule has 0 aliphatic carbocycles. The van der Waals surface area contributed by atoms with Gasteiger partial charge in [-0.1, -0.05) is 73.7 Å². The molecule has 3 amide bonds. The van der Waals surface area contributed by atoms with Gasteiger partial charge in [-0.15, -0.1) is 0 Å². The monoisotopic (exact) mass is 471 g/mol. The molecule has 0 saturated carbocycles. The van der Waals surface area contributed by atoms with Crippen LogP contribution in [0.2, 0.25) is 0 Å². The van der Waals surface area contributed by atoms with Crippen molar-refractivity contribution in [3.8, 4) is 0 Å². The number of carbonyl (C=O) groups is 3. The minimum Gasteiger partial charge on any atom is -0.445 e. The van der Waals surface area contributed by atoms with Gasteiger partial charge in [0.05, 0.1) is 0 Å². The lowest BCUT2D eigenvalue weighted by Crippen LogP contribution is -2.38. The van der Waals surface area contributed by atoms with Crippen molar-refractivity contribution in [3.63, 3.8) is 0 Å². The zero-order valence-electron chi connectivity index (χ0n) is 19.6. The summed E-state index contributed by atoms with van der Waals surface area (Å²) in [5, 5.41) is 5.43. The molecule has 180 valence electrons. The third-order valence-corrected chi connectivity index (χ3v) is 5.09. The topological polar surface area (TPSA) is 87.7 Å². The summed E-state index contributed by atoms with van der Waals surface area (Å²) in [4.78, 5) is 36.9. The highest BCUT2D eigenvalue weighted by atomic mass is 16.6. The molecular formula is C28H29N3O4. The van der Waals surface area contributed by atoms with Gasteiger partial charge in [-0.05, 0) is 47.4 Å². The Hall–Kier alpha value is -4.39. The van der Waals surface area contributed by atoms with Gasteiger partial charge in [-0.3, -0.25) is 14.5 Å². The van der Waals surface area contributed by atoms with E-state index in [0.717, 1.165) is 22.4 Å². The van der Waals surface area contributed by atoms with Gasteiger partial charge in [0.25, 0.3) is 0 Å². The summed E-state index contributed by atoms with van der Waals surface area (Å²) >= 11 is 0. The average Bonchev–Trinajstić information content (AvgIpc) is 2.88. The number of amides is 3. The predicted octanol–water partition coefficient (Wildman–Crippen LogP) is 5.41. The summed E-state index contributed by atoms with van der Waals surface area (Å²) in [6.45, 7) is 2.45. The van der Waals surface area contributed by atoms with Gasteiger partial charge < -0.3 is 15.4 Å². The zero-order chi connectivity index (χ0) is 24.9. The van der Waals surface area contributed by atoms with E-state index < -0.39 is 6.09 Å². The number of nitrogens with zero attached hydrogens (tertiary/aromatic N) is 1. The van der Waals surface area contributed by atoms with Gasteiger partial charge >= 0.3 is 6.09 Å². The SMILES string of the molecule is CCCN(CC(=O)Nc1ccc(/C=C/c2ccc(NC=O)cc2)cc1)C(=O)OCc1ccccc1. The largest absolute Gasteiger partial charge is 0.445 e. The van der Waals surface area contributed by atoms with Crippen molar-refractivity contribution < 1.29 is 19.1 Å². The fourth-order valence-corrected chi connectivity index (χ4v) is 3.32. The molecule has 3 rings (SSSR count). The van der Waals surface area contributed by atoms with Crippen molar-refractivity contribution >= 4 is 41.9 Å². The third kappa shape index (κ3) is 8.47. The molecule has 0 bridgehead atoms. The summed E-state index contributed by atoms with van der Waals surface area (Å²) in [6.07, 6.45) is 4.76. The lowest BCUT2D eigenvalue weighted by molar-refractivity contribution is -0.117. The van der Waals surface area contributed by atoms with Gasteiger partial charge in [0.15, 0.2) is 0 Å². The Morgan fingerprint density at radius 1 is 0.857 bits per heavy atom. The summed E-state index contributed by atoms with van der Waals surface area (Å²) in [7, 11) is 0. The van der Waals surface area contributed by atoms with Crippen LogP contribution in [-0.2, 0) is 20.9 Å². The van der Waals surface area contributed by atoms with Gasteiger partial charge in [-0.2, -0.15) is 0 Å². The second-order valence-corrected chi connectivity index (χ2v) is 7.85.